The monoisotopic (exact) mass is 556 g/mol. The number of carbonyl (C=O) groups is 1. The Hall–Kier alpha value is -4.59. The molecular formula is C33H27F3N2O3. The molecule has 8 heteroatoms. The van der Waals surface area contributed by atoms with E-state index in [1.807, 2.05) is 4.57 Å². The van der Waals surface area contributed by atoms with Gasteiger partial charge in [0.1, 0.15) is 35.1 Å². The molecule has 1 fully saturated rings. The first-order valence-electron chi connectivity index (χ1n) is 13.6. The average molecular weight is 557 g/mol. The number of hydrogen-bond donors (Lipinski definition) is 1. The Morgan fingerprint density at radius 3 is 2.05 bits per heavy atom. The molecule has 0 saturated heterocycles. The molecule has 5 aromatic rings. The summed E-state index contributed by atoms with van der Waals surface area (Å²) in [5, 5.41) is 9.48. The molecule has 41 heavy (non-hydrogen) atoms. The van der Waals surface area contributed by atoms with E-state index in [-0.39, 0.29) is 22.9 Å². The molecule has 208 valence electrons. The fourth-order valence-electron chi connectivity index (χ4n) is 5.62. The average Bonchev–Trinajstić information content (AvgIpc) is 3.36. The lowest BCUT2D eigenvalue weighted by Gasteiger charge is -2.26. The van der Waals surface area contributed by atoms with Gasteiger partial charge in [-0.3, -0.25) is 0 Å². The molecule has 4 aromatic carbocycles. The third kappa shape index (κ3) is 5.42. The largest absolute Gasteiger partial charge is 0.481 e. The number of carboxylic acids is 1. The van der Waals surface area contributed by atoms with E-state index in [0.29, 0.717) is 22.5 Å². The Kier molecular flexibility index (Phi) is 7.22. The molecule has 0 radical (unpaired) electrons. The lowest BCUT2D eigenvalue weighted by Crippen LogP contribution is -2.14. The number of nitrogens with zero attached hydrogens (tertiary/aromatic N) is 2. The smallest absolute Gasteiger partial charge is 0.335 e. The minimum atomic E-state index is -1.05. The quantitative estimate of drug-likeness (QED) is 0.218. The van der Waals surface area contributed by atoms with Crippen LogP contribution in [0.25, 0.3) is 22.4 Å². The van der Waals surface area contributed by atoms with E-state index in [0.717, 1.165) is 37.6 Å². The predicted octanol–water partition coefficient (Wildman–Crippen LogP) is 8.49. The zero-order valence-corrected chi connectivity index (χ0v) is 22.1. The Morgan fingerprint density at radius 1 is 0.829 bits per heavy atom. The number of aromatic carboxylic acids is 1. The van der Waals surface area contributed by atoms with Crippen LogP contribution in [-0.2, 0) is 0 Å². The number of aromatic nitrogens is 2. The molecule has 5 nitrogen and oxygen atoms in total. The summed E-state index contributed by atoms with van der Waals surface area (Å²) in [5.74, 6) is -1.74. The molecule has 1 aliphatic rings. The predicted molar refractivity (Wildman–Crippen MR) is 149 cm³/mol. The van der Waals surface area contributed by atoms with Crippen molar-refractivity contribution in [3.05, 3.63) is 119 Å². The number of benzene rings is 4. The van der Waals surface area contributed by atoms with Gasteiger partial charge in [0.05, 0.1) is 22.2 Å². The van der Waals surface area contributed by atoms with Gasteiger partial charge in [0.2, 0.25) is 0 Å². The van der Waals surface area contributed by atoms with Crippen LogP contribution in [0.5, 0.6) is 5.75 Å². The van der Waals surface area contributed by atoms with Gasteiger partial charge in [0.25, 0.3) is 0 Å². The molecule has 0 bridgehead atoms. The van der Waals surface area contributed by atoms with Crippen molar-refractivity contribution in [3.8, 4) is 17.1 Å². The van der Waals surface area contributed by atoms with Crippen molar-refractivity contribution >= 4 is 17.0 Å². The third-order valence-electron chi connectivity index (χ3n) is 7.66. The number of imidazole rings is 1. The maximum atomic E-state index is 15.9. The van der Waals surface area contributed by atoms with Crippen molar-refractivity contribution < 1.29 is 27.8 Å². The summed E-state index contributed by atoms with van der Waals surface area (Å²) in [5.41, 5.74) is 2.90. The molecule has 1 aliphatic carbocycles. The highest BCUT2D eigenvalue weighted by molar-refractivity contribution is 5.93. The van der Waals surface area contributed by atoms with Crippen LogP contribution in [-0.4, -0.2) is 20.6 Å². The fourth-order valence-corrected chi connectivity index (χ4v) is 5.62. The molecule has 1 aromatic heterocycles. The van der Waals surface area contributed by atoms with Crippen molar-refractivity contribution in [2.75, 3.05) is 0 Å². The van der Waals surface area contributed by atoms with Crippen LogP contribution < -0.4 is 4.74 Å². The normalized spacial score (nSPS) is 14.0. The standard InChI is InChI=1S/C33H27F3N2O3/c34-23-11-6-20(7-12-23)31(21-8-13-24(35)14-9-21)41-26-15-16-27(28(36)19-26)32-37-29-18-22(33(39)40)10-17-30(29)38(32)25-4-2-1-3-5-25/h6-19,25,31H,1-5H2,(H,39,40). The zero-order valence-electron chi connectivity index (χ0n) is 22.1. The molecule has 1 saturated carbocycles. The van der Waals surface area contributed by atoms with Crippen LogP contribution in [0, 0.1) is 17.5 Å². The Morgan fingerprint density at radius 2 is 1.46 bits per heavy atom. The first-order valence-corrected chi connectivity index (χ1v) is 13.6. The Labute approximate surface area is 234 Å². The minimum absolute atomic E-state index is 0.120. The van der Waals surface area contributed by atoms with E-state index >= 15 is 4.39 Å². The number of fused-ring (bicyclic) bond motifs is 1. The summed E-state index contributed by atoms with van der Waals surface area (Å²) in [4.78, 5) is 16.3. The number of hydrogen-bond acceptors (Lipinski definition) is 3. The molecule has 0 atom stereocenters. The van der Waals surface area contributed by atoms with E-state index in [1.54, 1.807) is 48.5 Å². The summed E-state index contributed by atoms with van der Waals surface area (Å²) in [6.45, 7) is 0. The second-order valence-corrected chi connectivity index (χ2v) is 10.3. The van der Waals surface area contributed by atoms with Crippen molar-refractivity contribution in [3.63, 3.8) is 0 Å². The molecule has 1 heterocycles. The summed E-state index contributed by atoms with van der Waals surface area (Å²) in [6, 6.07) is 21.0. The Balaban J connectivity index is 1.39. The highest BCUT2D eigenvalue weighted by Gasteiger charge is 2.25. The molecule has 0 aliphatic heterocycles. The van der Waals surface area contributed by atoms with Crippen LogP contribution >= 0.6 is 0 Å². The van der Waals surface area contributed by atoms with E-state index < -0.39 is 29.5 Å². The molecule has 0 unspecified atom stereocenters. The van der Waals surface area contributed by atoms with E-state index in [9.17, 15) is 18.7 Å². The third-order valence-corrected chi connectivity index (χ3v) is 7.66. The highest BCUT2D eigenvalue weighted by atomic mass is 19.1. The fraction of sp³-hybridized carbons (Fsp3) is 0.212. The van der Waals surface area contributed by atoms with Gasteiger partial charge in [-0.25, -0.2) is 22.9 Å². The van der Waals surface area contributed by atoms with Gasteiger partial charge in [-0.15, -0.1) is 0 Å². The topological polar surface area (TPSA) is 64.3 Å². The number of rotatable bonds is 7. The molecule has 0 spiro atoms. The van der Waals surface area contributed by atoms with Crippen LogP contribution in [0.3, 0.4) is 0 Å². The van der Waals surface area contributed by atoms with Crippen molar-refractivity contribution in [2.45, 2.75) is 44.2 Å². The molecule has 0 amide bonds. The maximum Gasteiger partial charge on any atom is 0.335 e. The van der Waals surface area contributed by atoms with Gasteiger partial charge in [-0.1, -0.05) is 43.5 Å². The van der Waals surface area contributed by atoms with Gasteiger partial charge in [0.15, 0.2) is 0 Å². The molecular weight excluding hydrogens is 529 g/mol. The second kappa shape index (κ2) is 11.1. The van der Waals surface area contributed by atoms with Crippen molar-refractivity contribution in [2.24, 2.45) is 0 Å². The van der Waals surface area contributed by atoms with E-state index in [4.69, 9.17) is 9.72 Å². The number of ether oxygens (including phenoxy) is 1. The van der Waals surface area contributed by atoms with Gasteiger partial charge >= 0.3 is 5.97 Å². The summed E-state index contributed by atoms with van der Waals surface area (Å²) >= 11 is 0. The van der Waals surface area contributed by atoms with Crippen LogP contribution in [0.1, 0.15) is 65.7 Å². The highest BCUT2D eigenvalue weighted by Crippen LogP contribution is 2.38. The lowest BCUT2D eigenvalue weighted by atomic mass is 9.94. The first kappa shape index (κ1) is 26.6. The lowest BCUT2D eigenvalue weighted by molar-refractivity contribution is 0.0697. The van der Waals surface area contributed by atoms with Crippen molar-refractivity contribution in [1.29, 1.82) is 0 Å². The minimum Gasteiger partial charge on any atom is -0.481 e. The van der Waals surface area contributed by atoms with Crippen molar-refractivity contribution in [1.82, 2.24) is 9.55 Å². The summed E-state index contributed by atoms with van der Waals surface area (Å²) < 4.78 is 51.3. The summed E-state index contributed by atoms with van der Waals surface area (Å²) in [7, 11) is 0. The van der Waals surface area contributed by atoms with Gasteiger partial charge in [-0.05, 0) is 78.6 Å². The van der Waals surface area contributed by atoms with E-state index in [1.165, 1.54) is 36.4 Å². The maximum absolute atomic E-state index is 15.9. The number of halogens is 3. The first-order chi connectivity index (χ1) is 19.9. The van der Waals surface area contributed by atoms with Crippen LogP contribution in [0.2, 0.25) is 0 Å². The second-order valence-electron chi connectivity index (χ2n) is 10.3. The SMILES string of the molecule is O=C(O)c1ccc2c(c1)nc(-c1ccc(OC(c3ccc(F)cc3)c3ccc(F)cc3)cc1F)n2C1CCCCC1. The van der Waals surface area contributed by atoms with Crippen LogP contribution in [0.4, 0.5) is 13.2 Å². The van der Waals surface area contributed by atoms with Gasteiger partial charge < -0.3 is 14.4 Å². The molecule has 1 N–H and O–H groups in total. The molecule has 6 rings (SSSR count). The van der Waals surface area contributed by atoms with Crippen LogP contribution in [0.15, 0.2) is 84.9 Å². The summed E-state index contributed by atoms with van der Waals surface area (Å²) in [6.07, 6.45) is 4.38. The van der Waals surface area contributed by atoms with E-state index in [2.05, 4.69) is 0 Å². The zero-order chi connectivity index (χ0) is 28.5. The van der Waals surface area contributed by atoms with Gasteiger partial charge in [0, 0.05) is 12.1 Å². The van der Waals surface area contributed by atoms with Gasteiger partial charge in [-0.2, -0.15) is 0 Å². The number of carboxylic acid groups (broad SMARTS) is 1. The Bertz CT molecular complexity index is 1660.